The molecule has 0 spiro atoms. The second kappa shape index (κ2) is 7.08. The summed E-state index contributed by atoms with van der Waals surface area (Å²) in [5, 5.41) is 2.48. The maximum absolute atomic E-state index is 12.5. The van der Waals surface area contributed by atoms with Crippen molar-refractivity contribution in [2.45, 2.75) is 24.4 Å². The van der Waals surface area contributed by atoms with Gasteiger partial charge in [-0.05, 0) is 49.2 Å². The van der Waals surface area contributed by atoms with Crippen molar-refractivity contribution in [2.75, 3.05) is 18.4 Å². The molecule has 1 saturated heterocycles. The molecule has 3 rings (SSSR count). The predicted octanol–water partition coefficient (Wildman–Crippen LogP) is 3.47. The average molecular weight is 413 g/mol. The Balaban J connectivity index is 1.74. The molecule has 128 valence electrons. The zero-order valence-corrected chi connectivity index (χ0v) is 15.3. The summed E-state index contributed by atoms with van der Waals surface area (Å²) in [6.07, 6.45) is 2.72. The normalized spacial score (nSPS) is 16.0. The van der Waals surface area contributed by atoms with Crippen LogP contribution in [0.3, 0.4) is 0 Å². The smallest absolute Gasteiger partial charge is 0.291 e. The van der Waals surface area contributed by atoms with Gasteiger partial charge in [-0.25, -0.2) is 8.42 Å². The first-order valence-corrected chi connectivity index (χ1v) is 9.87. The summed E-state index contributed by atoms with van der Waals surface area (Å²) in [4.78, 5) is 12.2. The van der Waals surface area contributed by atoms with E-state index in [4.69, 9.17) is 4.42 Å². The zero-order valence-electron chi connectivity index (χ0n) is 12.9. The summed E-state index contributed by atoms with van der Waals surface area (Å²) in [5.41, 5.74) is 0.597. The number of rotatable bonds is 4. The fraction of sp³-hybridized carbons (Fsp3) is 0.312. The van der Waals surface area contributed by atoms with Gasteiger partial charge in [0.25, 0.3) is 15.9 Å². The summed E-state index contributed by atoms with van der Waals surface area (Å²) in [6.45, 7) is 0.979. The second-order valence-electron chi connectivity index (χ2n) is 5.54. The standard InChI is InChI=1S/C16H17BrN2O4S/c17-12-4-6-13(7-5-12)18-16(20)14-8-9-15(23-14)24(21,22)19-10-2-1-3-11-19/h4-9H,1-3,10-11H2,(H,18,20). The zero-order chi connectivity index (χ0) is 17.2. The Labute approximate surface area is 149 Å². The highest BCUT2D eigenvalue weighted by atomic mass is 79.9. The number of sulfonamides is 1. The maximum Gasteiger partial charge on any atom is 0.291 e. The van der Waals surface area contributed by atoms with Crippen molar-refractivity contribution in [1.29, 1.82) is 0 Å². The van der Waals surface area contributed by atoms with Crippen LogP contribution in [0.4, 0.5) is 5.69 Å². The van der Waals surface area contributed by atoms with Gasteiger partial charge in [-0.3, -0.25) is 4.79 Å². The molecule has 1 aliphatic heterocycles. The van der Waals surface area contributed by atoms with Crippen molar-refractivity contribution in [3.8, 4) is 0 Å². The van der Waals surface area contributed by atoms with E-state index in [1.165, 1.54) is 16.4 Å². The molecule has 0 bridgehead atoms. The Hall–Kier alpha value is -1.64. The Morgan fingerprint density at radius 1 is 1.04 bits per heavy atom. The van der Waals surface area contributed by atoms with E-state index in [1.54, 1.807) is 24.3 Å². The molecule has 1 fully saturated rings. The first kappa shape index (κ1) is 17.2. The van der Waals surface area contributed by atoms with E-state index in [9.17, 15) is 13.2 Å². The van der Waals surface area contributed by atoms with Crippen molar-refractivity contribution in [3.63, 3.8) is 0 Å². The van der Waals surface area contributed by atoms with Crippen LogP contribution in [-0.2, 0) is 10.0 Å². The number of hydrogen-bond acceptors (Lipinski definition) is 4. The van der Waals surface area contributed by atoms with Crippen LogP contribution in [0.15, 0.2) is 50.4 Å². The first-order valence-electron chi connectivity index (χ1n) is 7.64. The second-order valence-corrected chi connectivity index (χ2v) is 8.33. The quantitative estimate of drug-likeness (QED) is 0.833. The molecule has 1 aromatic heterocycles. The number of furan rings is 1. The molecular weight excluding hydrogens is 396 g/mol. The van der Waals surface area contributed by atoms with Gasteiger partial charge >= 0.3 is 0 Å². The summed E-state index contributed by atoms with van der Waals surface area (Å²) in [6, 6.07) is 9.77. The highest BCUT2D eigenvalue weighted by Gasteiger charge is 2.29. The summed E-state index contributed by atoms with van der Waals surface area (Å²) in [7, 11) is -3.67. The van der Waals surface area contributed by atoms with Gasteiger partial charge in [-0.1, -0.05) is 22.4 Å². The van der Waals surface area contributed by atoms with Gasteiger partial charge in [0.2, 0.25) is 5.09 Å². The molecule has 1 N–H and O–H groups in total. The molecule has 8 heteroatoms. The number of nitrogens with one attached hydrogen (secondary N) is 1. The maximum atomic E-state index is 12.5. The van der Waals surface area contributed by atoms with Crippen molar-refractivity contribution in [3.05, 3.63) is 46.6 Å². The number of carbonyl (C=O) groups excluding carboxylic acids is 1. The van der Waals surface area contributed by atoms with Crippen LogP contribution >= 0.6 is 15.9 Å². The molecule has 2 heterocycles. The summed E-state index contributed by atoms with van der Waals surface area (Å²) >= 11 is 3.32. The van der Waals surface area contributed by atoms with Crippen LogP contribution in [0, 0.1) is 0 Å². The third-order valence-corrected chi connectivity index (χ3v) is 6.12. The number of benzene rings is 1. The van der Waals surface area contributed by atoms with Gasteiger partial charge < -0.3 is 9.73 Å². The van der Waals surface area contributed by atoms with Gasteiger partial charge in [0.1, 0.15) is 0 Å². The van der Waals surface area contributed by atoms with Crippen LogP contribution in [-0.4, -0.2) is 31.7 Å². The molecule has 0 aliphatic carbocycles. The highest BCUT2D eigenvalue weighted by molar-refractivity contribution is 9.10. The Morgan fingerprint density at radius 2 is 1.71 bits per heavy atom. The molecule has 1 aliphatic rings. The number of amides is 1. The van der Waals surface area contributed by atoms with Crippen LogP contribution < -0.4 is 5.32 Å². The minimum absolute atomic E-state index is 0.0338. The third kappa shape index (κ3) is 3.71. The summed E-state index contributed by atoms with van der Waals surface area (Å²) < 4.78 is 32.6. The lowest BCUT2D eigenvalue weighted by Gasteiger charge is -2.24. The van der Waals surface area contributed by atoms with E-state index in [-0.39, 0.29) is 10.9 Å². The van der Waals surface area contributed by atoms with Crippen molar-refractivity contribution in [1.82, 2.24) is 4.31 Å². The molecule has 2 aromatic rings. The van der Waals surface area contributed by atoms with Crippen molar-refractivity contribution in [2.24, 2.45) is 0 Å². The minimum atomic E-state index is -3.67. The van der Waals surface area contributed by atoms with E-state index in [0.29, 0.717) is 18.8 Å². The Morgan fingerprint density at radius 3 is 2.38 bits per heavy atom. The number of anilines is 1. The first-order chi connectivity index (χ1) is 11.5. The lowest BCUT2D eigenvalue weighted by atomic mass is 10.2. The van der Waals surface area contributed by atoms with Gasteiger partial charge in [0.15, 0.2) is 5.76 Å². The molecular formula is C16H17BrN2O4S. The number of halogens is 1. The lowest BCUT2D eigenvalue weighted by Crippen LogP contribution is -2.35. The van der Waals surface area contributed by atoms with E-state index < -0.39 is 15.9 Å². The van der Waals surface area contributed by atoms with Gasteiger partial charge in [0, 0.05) is 23.2 Å². The number of hydrogen-bond donors (Lipinski definition) is 1. The molecule has 24 heavy (non-hydrogen) atoms. The van der Waals surface area contributed by atoms with E-state index in [1.807, 2.05) is 0 Å². The van der Waals surface area contributed by atoms with Crippen molar-refractivity contribution < 1.29 is 17.6 Å². The SMILES string of the molecule is O=C(Nc1ccc(Br)cc1)c1ccc(S(=O)(=O)N2CCCCC2)o1. The molecule has 6 nitrogen and oxygen atoms in total. The molecule has 1 aromatic carbocycles. The van der Waals surface area contributed by atoms with Gasteiger partial charge in [0.05, 0.1) is 0 Å². The van der Waals surface area contributed by atoms with E-state index >= 15 is 0 Å². The van der Waals surface area contributed by atoms with Crippen molar-refractivity contribution >= 4 is 37.5 Å². The number of nitrogens with zero attached hydrogens (tertiary/aromatic N) is 1. The van der Waals surface area contributed by atoms with Gasteiger partial charge in [-0.15, -0.1) is 0 Å². The molecule has 0 atom stereocenters. The molecule has 0 saturated carbocycles. The van der Waals surface area contributed by atoms with E-state index in [2.05, 4.69) is 21.2 Å². The summed E-state index contributed by atoms with van der Waals surface area (Å²) in [5.74, 6) is -0.522. The largest absolute Gasteiger partial charge is 0.438 e. The topological polar surface area (TPSA) is 79.6 Å². The third-order valence-electron chi connectivity index (χ3n) is 3.82. The Bertz CT molecular complexity index is 824. The minimum Gasteiger partial charge on any atom is -0.438 e. The molecule has 0 unspecified atom stereocenters. The van der Waals surface area contributed by atoms with Crippen LogP contribution in [0.1, 0.15) is 29.8 Å². The van der Waals surface area contributed by atoms with E-state index in [0.717, 1.165) is 23.7 Å². The molecule has 0 radical (unpaired) electrons. The fourth-order valence-corrected chi connectivity index (χ4v) is 4.23. The average Bonchev–Trinajstić information content (AvgIpc) is 3.09. The van der Waals surface area contributed by atoms with Crippen LogP contribution in [0.5, 0.6) is 0 Å². The van der Waals surface area contributed by atoms with Gasteiger partial charge in [-0.2, -0.15) is 4.31 Å². The lowest BCUT2D eigenvalue weighted by molar-refractivity contribution is 0.0991. The molecule has 1 amide bonds. The fourth-order valence-electron chi connectivity index (χ4n) is 2.54. The predicted molar refractivity (Wildman–Crippen MR) is 93.4 cm³/mol. The van der Waals surface area contributed by atoms with Crippen LogP contribution in [0.2, 0.25) is 0 Å². The monoisotopic (exact) mass is 412 g/mol. The van der Waals surface area contributed by atoms with Crippen LogP contribution in [0.25, 0.3) is 0 Å². The number of carbonyl (C=O) groups is 1. The highest BCUT2D eigenvalue weighted by Crippen LogP contribution is 2.23. The number of piperidine rings is 1. The Kier molecular flexibility index (Phi) is 5.07.